The van der Waals surface area contributed by atoms with Crippen LogP contribution < -0.4 is 5.32 Å². The number of hydrogen-bond donors (Lipinski definition) is 6. The van der Waals surface area contributed by atoms with E-state index < -0.39 is 49.5 Å². The number of aliphatic hydroxyl groups excluding tert-OH is 5. The molecule has 9 heteroatoms. The highest BCUT2D eigenvalue weighted by Crippen LogP contribution is 2.24. The Hall–Kier alpha value is -1.85. The lowest BCUT2D eigenvalue weighted by Gasteiger charge is -2.40. The Morgan fingerprint density at radius 1 is 0.389 bits per heavy atom. The Kier molecular flexibility index (Phi) is 67.0. The maximum Gasteiger partial charge on any atom is 0.220 e. The van der Waals surface area contributed by atoms with Gasteiger partial charge in [0, 0.05) is 6.42 Å². The quantitative estimate of drug-likeness (QED) is 0.0261. The molecule has 9 nitrogen and oxygen atoms in total. The molecular weight excluding hydrogens is 1110 g/mol. The van der Waals surface area contributed by atoms with E-state index in [2.05, 4.69) is 67.8 Å². The van der Waals surface area contributed by atoms with Crippen molar-refractivity contribution in [2.24, 2.45) is 0 Å². The molecule has 0 saturated carbocycles. The Labute approximate surface area is 558 Å². The average Bonchev–Trinajstić information content (AvgIpc) is 2.75. The molecule has 1 fully saturated rings. The lowest BCUT2D eigenvalue weighted by atomic mass is 9.99. The number of hydrogen-bond acceptors (Lipinski definition) is 8. The summed E-state index contributed by atoms with van der Waals surface area (Å²) in [4.78, 5) is 13.2. The third kappa shape index (κ3) is 57.6. The van der Waals surface area contributed by atoms with Crippen molar-refractivity contribution in [1.29, 1.82) is 0 Å². The SMILES string of the molecule is CC/C=C\C/C=C\C/C=C\C/C=C\CCCCCCCCCCCCCCCCCCCCCCCCCCCCC(=O)NC(COC1OC(CO)C(O)C(O)C1O)C(O)CCCCCCCCCCCCCCCCCCCCCCCCCCCCCC. The minimum atomic E-state index is -1.55. The van der Waals surface area contributed by atoms with Crippen molar-refractivity contribution >= 4 is 5.91 Å². The molecule has 7 unspecified atom stereocenters. The van der Waals surface area contributed by atoms with Crippen LogP contribution in [0.25, 0.3) is 0 Å². The Bertz CT molecular complexity index is 1570. The molecule has 1 heterocycles. The van der Waals surface area contributed by atoms with Gasteiger partial charge in [-0.25, -0.2) is 0 Å². The van der Waals surface area contributed by atoms with Crippen LogP contribution in [0.1, 0.15) is 406 Å². The van der Waals surface area contributed by atoms with Gasteiger partial charge < -0.3 is 40.3 Å². The van der Waals surface area contributed by atoms with Crippen LogP contribution in [0.5, 0.6) is 0 Å². The lowest BCUT2D eigenvalue weighted by molar-refractivity contribution is -0.302. The van der Waals surface area contributed by atoms with Gasteiger partial charge in [-0.05, 0) is 51.4 Å². The molecule has 0 aromatic heterocycles. The highest BCUT2D eigenvalue weighted by Gasteiger charge is 2.44. The number of carbonyl (C=O) groups excluding carboxylic acids is 1. The minimum Gasteiger partial charge on any atom is -0.394 e. The second-order valence-electron chi connectivity index (χ2n) is 27.8. The molecule has 0 aliphatic carbocycles. The van der Waals surface area contributed by atoms with E-state index in [4.69, 9.17) is 9.47 Å². The first kappa shape index (κ1) is 86.2. The summed E-state index contributed by atoms with van der Waals surface area (Å²) in [6.07, 6.45) is 89.4. The van der Waals surface area contributed by atoms with E-state index in [0.29, 0.717) is 12.8 Å². The van der Waals surface area contributed by atoms with E-state index in [0.717, 1.165) is 64.2 Å². The second-order valence-corrected chi connectivity index (χ2v) is 27.8. The number of carbonyl (C=O) groups is 1. The van der Waals surface area contributed by atoms with Crippen LogP contribution in [-0.4, -0.2) is 87.5 Å². The highest BCUT2D eigenvalue weighted by atomic mass is 16.7. The monoisotopic (exact) mass is 1270 g/mol. The molecule has 6 N–H and O–H groups in total. The van der Waals surface area contributed by atoms with Crippen LogP contribution in [0.2, 0.25) is 0 Å². The van der Waals surface area contributed by atoms with Gasteiger partial charge in [0.1, 0.15) is 24.4 Å². The Morgan fingerprint density at radius 3 is 1.02 bits per heavy atom. The van der Waals surface area contributed by atoms with Crippen LogP contribution in [0.4, 0.5) is 0 Å². The molecule has 0 radical (unpaired) electrons. The zero-order chi connectivity index (χ0) is 64.9. The first-order chi connectivity index (χ1) is 44.3. The van der Waals surface area contributed by atoms with E-state index in [9.17, 15) is 30.3 Å². The van der Waals surface area contributed by atoms with Crippen molar-refractivity contribution < 1.29 is 39.8 Å². The van der Waals surface area contributed by atoms with Crippen LogP contribution in [0, 0.1) is 0 Å². The van der Waals surface area contributed by atoms with E-state index in [-0.39, 0.29) is 12.5 Å². The first-order valence-corrected chi connectivity index (χ1v) is 39.8. The molecule has 0 spiro atoms. The minimum absolute atomic E-state index is 0.133. The normalized spacial score (nSPS) is 18.0. The fraction of sp³-hybridized carbons (Fsp3) is 0.889. The Balaban J connectivity index is 2.03. The molecule has 1 rings (SSSR count). The predicted octanol–water partition coefficient (Wildman–Crippen LogP) is 22.7. The molecule has 90 heavy (non-hydrogen) atoms. The molecule has 1 aliphatic heterocycles. The van der Waals surface area contributed by atoms with Crippen molar-refractivity contribution in [3.8, 4) is 0 Å². The van der Waals surface area contributed by atoms with Gasteiger partial charge in [-0.2, -0.15) is 0 Å². The number of amides is 1. The number of ether oxygens (including phenoxy) is 2. The predicted molar refractivity (Wildman–Crippen MR) is 387 cm³/mol. The Morgan fingerprint density at radius 2 is 0.689 bits per heavy atom. The largest absolute Gasteiger partial charge is 0.394 e. The van der Waals surface area contributed by atoms with E-state index >= 15 is 0 Å². The van der Waals surface area contributed by atoms with Crippen molar-refractivity contribution in [3.05, 3.63) is 48.6 Å². The third-order valence-electron chi connectivity index (χ3n) is 19.2. The van der Waals surface area contributed by atoms with Crippen molar-refractivity contribution in [2.75, 3.05) is 13.2 Å². The molecule has 0 bridgehead atoms. The van der Waals surface area contributed by atoms with Crippen LogP contribution >= 0.6 is 0 Å². The highest BCUT2D eigenvalue weighted by molar-refractivity contribution is 5.76. The van der Waals surface area contributed by atoms with Crippen LogP contribution in [-0.2, 0) is 14.3 Å². The maximum absolute atomic E-state index is 13.2. The number of allylic oxidation sites excluding steroid dienone is 8. The fourth-order valence-electron chi connectivity index (χ4n) is 13.0. The average molecular weight is 1270 g/mol. The van der Waals surface area contributed by atoms with Gasteiger partial charge in [0.2, 0.25) is 5.91 Å². The smallest absolute Gasteiger partial charge is 0.220 e. The van der Waals surface area contributed by atoms with Crippen LogP contribution in [0.3, 0.4) is 0 Å². The number of aliphatic hydroxyl groups is 5. The van der Waals surface area contributed by atoms with Gasteiger partial charge in [-0.3, -0.25) is 4.79 Å². The molecule has 1 aliphatic rings. The summed E-state index contributed by atoms with van der Waals surface area (Å²) < 4.78 is 11.4. The second kappa shape index (κ2) is 70.0. The fourth-order valence-corrected chi connectivity index (χ4v) is 13.0. The molecule has 0 aromatic carbocycles. The zero-order valence-corrected chi connectivity index (χ0v) is 59.7. The van der Waals surface area contributed by atoms with Crippen LogP contribution in [0.15, 0.2) is 48.6 Å². The van der Waals surface area contributed by atoms with Gasteiger partial charge in [0.15, 0.2) is 6.29 Å². The molecule has 1 saturated heterocycles. The van der Waals surface area contributed by atoms with E-state index in [1.54, 1.807) is 0 Å². The number of unbranched alkanes of at least 4 members (excludes halogenated alkanes) is 53. The van der Waals surface area contributed by atoms with E-state index in [1.165, 1.54) is 315 Å². The summed E-state index contributed by atoms with van der Waals surface area (Å²) in [6.45, 7) is 3.79. The van der Waals surface area contributed by atoms with Crippen molar-refractivity contribution in [3.63, 3.8) is 0 Å². The molecule has 530 valence electrons. The third-order valence-corrected chi connectivity index (χ3v) is 19.2. The summed E-state index contributed by atoms with van der Waals surface area (Å²) in [6, 6.07) is -0.719. The van der Waals surface area contributed by atoms with Gasteiger partial charge in [-0.15, -0.1) is 0 Å². The molecule has 0 aromatic rings. The summed E-state index contributed by atoms with van der Waals surface area (Å²) in [7, 11) is 0. The number of nitrogens with one attached hydrogen (secondary N) is 1. The van der Waals surface area contributed by atoms with Gasteiger partial charge >= 0.3 is 0 Å². The zero-order valence-electron chi connectivity index (χ0n) is 59.7. The van der Waals surface area contributed by atoms with Gasteiger partial charge in [0.25, 0.3) is 0 Å². The summed E-state index contributed by atoms with van der Waals surface area (Å²) in [5.41, 5.74) is 0. The summed E-state index contributed by atoms with van der Waals surface area (Å²) >= 11 is 0. The number of rotatable bonds is 71. The maximum atomic E-state index is 13.2. The standard InChI is InChI=1S/C81H153NO8/c1-3-5-7-9-11-13-15-17-19-21-23-25-27-29-31-33-34-35-36-37-38-39-40-41-42-43-45-47-49-51-53-55-57-59-61-63-65-67-69-71-77(85)82-74(73-89-81-80(88)79(87)78(86)76(72-83)90-81)75(84)70-68-66-64-62-60-58-56-54-52-50-48-46-44-32-30-28-26-24-22-20-18-16-14-12-10-8-6-4-2/h5,7,11,13,17,19,23,25,74-76,78-81,83-84,86-88H,3-4,6,8-10,12,14-16,18,20-22,24,26-73H2,1-2H3,(H,82,85)/b7-5-,13-11-,19-17-,25-23-. The summed E-state index contributed by atoms with van der Waals surface area (Å²) in [5.74, 6) is -0.134. The summed E-state index contributed by atoms with van der Waals surface area (Å²) in [5, 5.41) is 55.1. The molecule has 7 atom stereocenters. The molecule has 1 amide bonds. The van der Waals surface area contributed by atoms with Crippen molar-refractivity contribution in [2.45, 2.75) is 448 Å². The topological polar surface area (TPSA) is 149 Å². The van der Waals surface area contributed by atoms with Gasteiger partial charge in [-0.1, -0.05) is 396 Å². The first-order valence-electron chi connectivity index (χ1n) is 39.8. The van der Waals surface area contributed by atoms with Crippen molar-refractivity contribution in [1.82, 2.24) is 5.32 Å². The van der Waals surface area contributed by atoms with E-state index in [1.807, 2.05) is 0 Å². The lowest BCUT2D eigenvalue weighted by Crippen LogP contribution is -2.60. The molecular formula is C81H153NO8. The van der Waals surface area contributed by atoms with Gasteiger partial charge in [0.05, 0.1) is 25.4 Å².